The first kappa shape index (κ1) is 23.1. The van der Waals surface area contributed by atoms with Gasteiger partial charge >= 0.3 is 0 Å². The van der Waals surface area contributed by atoms with Gasteiger partial charge in [-0.2, -0.15) is 0 Å². The summed E-state index contributed by atoms with van der Waals surface area (Å²) in [4.78, 5) is 44.4. The number of anilines is 1. The number of ketones is 1. The smallest absolute Gasteiger partial charge is 0.239 e. The lowest BCUT2D eigenvalue weighted by Crippen LogP contribution is -2.41. The van der Waals surface area contributed by atoms with E-state index in [1.54, 1.807) is 12.1 Å². The number of rotatable bonds is 5. The summed E-state index contributed by atoms with van der Waals surface area (Å²) in [5.41, 5.74) is 2.16. The quantitative estimate of drug-likeness (QED) is 0.345. The molecule has 1 aliphatic heterocycles. The number of allylic oxidation sites excluding steroid dienone is 2. The van der Waals surface area contributed by atoms with Gasteiger partial charge in [0.2, 0.25) is 11.8 Å². The molecule has 2 fully saturated rings. The Balaban J connectivity index is 1.68. The van der Waals surface area contributed by atoms with E-state index in [0.717, 1.165) is 26.7 Å². The molecule has 36 heavy (non-hydrogen) atoms. The maximum Gasteiger partial charge on any atom is 0.239 e. The Bertz CT molecular complexity index is 1360. The van der Waals surface area contributed by atoms with Crippen molar-refractivity contribution in [3.63, 3.8) is 0 Å². The van der Waals surface area contributed by atoms with E-state index in [1.807, 2.05) is 86.6 Å². The number of benzene rings is 3. The number of imide groups is 1. The van der Waals surface area contributed by atoms with Crippen molar-refractivity contribution < 1.29 is 14.4 Å². The highest BCUT2D eigenvalue weighted by Gasteiger charge is 2.80. The van der Waals surface area contributed by atoms with Crippen LogP contribution in [0.2, 0.25) is 0 Å². The lowest BCUT2D eigenvalue weighted by molar-refractivity contribution is -0.134. The summed E-state index contributed by atoms with van der Waals surface area (Å²) in [5, 5.41) is 0. The molecule has 180 valence electrons. The monoisotopic (exact) mass is 539 g/mol. The normalized spacial score (nSPS) is 28.9. The molecule has 2 bridgehead atoms. The fourth-order valence-corrected chi connectivity index (χ4v) is 7.71. The van der Waals surface area contributed by atoms with Crippen LogP contribution in [0.15, 0.2) is 89.4 Å². The molecule has 0 aromatic heterocycles. The molecule has 4 atom stereocenters. The van der Waals surface area contributed by atoms with Crippen molar-refractivity contribution in [2.75, 3.05) is 4.90 Å². The molecule has 0 unspecified atom stereocenters. The van der Waals surface area contributed by atoms with Gasteiger partial charge in [0.1, 0.15) is 0 Å². The largest absolute Gasteiger partial charge is 0.298 e. The van der Waals surface area contributed by atoms with Gasteiger partial charge in [-0.15, -0.1) is 0 Å². The number of fused-ring (bicyclic) bond motifs is 5. The SMILES string of the molecule is CC[C@@]12C(=O)[C@](CC)(C(c3ccccc3)=C1c1ccccc1)[C@H]1C(=O)N(c3cccc(Br)c3)C(=O)[C@H]12. The molecular weight excluding hydrogens is 514 g/mol. The maximum atomic E-state index is 14.7. The third kappa shape index (κ3) is 2.67. The van der Waals surface area contributed by atoms with Crippen molar-refractivity contribution in [1.29, 1.82) is 0 Å². The number of carbonyl (C=O) groups is 3. The Morgan fingerprint density at radius 1 is 0.694 bits per heavy atom. The summed E-state index contributed by atoms with van der Waals surface area (Å²) in [6.07, 6.45) is 0.918. The van der Waals surface area contributed by atoms with Crippen LogP contribution >= 0.6 is 15.9 Å². The minimum Gasteiger partial charge on any atom is -0.298 e. The van der Waals surface area contributed by atoms with Gasteiger partial charge < -0.3 is 0 Å². The minimum atomic E-state index is -1.05. The topological polar surface area (TPSA) is 54.5 Å². The second kappa shape index (κ2) is 8.10. The van der Waals surface area contributed by atoms with Crippen LogP contribution in [-0.4, -0.2) is 17.6 Å². The second-order valence-electron chi connectivity index (χ2n) is 9.91. The average molecular weight is 540 g/mol. The first-order chi connectivity index (χ1) is 17.4. The maximum absolute atomic E-state index is 14.7. The van der Waals surface area contributed by atoms with E-state index in [2.05, 4.69) is 15.9 Å². The van der Waals surface area contributed by atoms with Crippen LogP contribution in [0.1, 0.15) is 37.8 Å². The van der Waals surface area contributed by atoms with Gasteiger partial charge in [-0.25, -0.2) is 4.90 Å². The number of Topliss-reactive ketones (excluding diaryl/α,β-unsaturated/α-hetero) is 1. The summed E-state index contributed by atoms with van der Waals surface area (Å²) in [6, 6.07) is 27.1. The third-order valence-electron chi connectivity index (χ3n) is 8.63. The van der Waals surface area contributed by atoms with E-state index < -0.39 is 22.7 Å². The Morgan fingerprint density at radius 2 is 1.17 bits per heavy atom. The van der Waals surface area contributed by atoms with Crippen LogP contribution in [0.25, 0.3) is 11.1 Å². The van der Waals surface area contributed by atoms with Crippen LogP contribution in [0.3, 0.4) is 0 Å². The van der Waals surface area contributed by atoms with Crippen molar-refractivity contribution >= 4 is 50.4 Å². The van der Waals surface area contributed by atoms with Gasteiger partial charge in [0, 0.05) is 4.47 Å². The van der Waals surface area contributed by atoms with Crippen molar-refractivity contribution in [2.45, 2.75) is 26.7 Å². The van der Waals surface area contributed by atoms with Crippen molar-refractivity contribution in [1.82, 2.24) is 0 Å². The molecule has 2 aliphatic carbocycles. The first-order valence-corrected chi connectivity index (χ1v) is 13.3. The molecule has 3 aliphatic rings. The Labute approximate surface area is 219 Å². The van der Waals surface area contributed by atoms with Gasteiger partial charge in [-0.05, 0) is 53.3 Å². The van der Waals surface area contributed by atoms with E-state index in [1.165, 1.54) is 4.90 Å². The van der Waals surface area contributed by atoms with Crippen LogP contribution in [0.4, 0.5) is 5.69 Å². The number of hydrogen-bond acceptors (Lipinski definition) is 3. The number of hydrogen-bond donors (Lipinski definition) is 0. The van der Waals surface area contributed by atoms with E-state index in [9.17, 15) is 14.4 Å². The fraction of sp³-hybridized carbons (Fsp3) is 0.258. The molecule has 4 nitrogen and oxygen atoms in total. The van der Waals surface area contributed by atoms with E-state index in [0.29, 0.717) is 18.5 Å². The van der Waals surface area contributed by atoms with Gasteiger partial charge in [0.25, 0.3) is 0 Å². The fourth-order valence-electron chi connectivity index (χ4n) is 7.32. The second-order valence-corrected chi connectivity index (χ2v) is 10.8. The summed E-state index contributed by atoms with van der Waals surface area (Å²) < 4.78 is 0.792. The van der Waals surface area contributed by atoms with Crippen molar-refractivity contribution in [3.05, 3.63) is 101 Å². The first-order valence-electron chi connectivity index (χ1n) is 12.5. The van der Waals surface area contributed by atoms with Crippen molar-refractivity contribution in [3.8, 4) is 0 Å². The molecule has 0 N–H and O–H groups in total. The van der Waals surface area contributed by atoms with Gasteiger partial charge in [-0.1, -0.05) is 96.5 Å². The van der Waals surface area contributed by atoms with E-state index in [4.69, 9.17) is 0 Å². The molecule has 1 saturated heterocycles. The number of nitrogens with zero attached hydrogens (tertiary/aromatic N) is 1. The number of amides is 2. The molecule has 5 heteroatoms. The summed E-state index contributed by atoms with van der Waals surface area (Å²) in [6.45, 7) is 3.97. The lowest BCUT2D eigenvalue weighted by Gasteiger charge is -2.38. The molecule has 1 heterocycles. The predicted octanol–water partition coefficient (Wildman–Crippen LogP) is 6.55. The van der Waals surface area contributed by atoms with Crippen molar-refractivity contribution in [2.24, 2.45) is 22.7 Å². The Hall–Kier alpha value is -3.31. The Morgan fingerprint density at radius 3 is 1.58 bits per heavy atom. The third-order valence-corrected chi connectivity index (χ3v) is 9.12. The van der Waals surface area contributed by atoms with Gasteiger partial charge in [0.15, 0.2) is 5.78 Å². The van der Waals surface area contributed by atoms with Gasteiger partial charge in [-0.3, -0.25) is 14.4 Å². The highest BCUT2D eigenvalue weighted by Crippen LogP contribution is 2.75. The van der Waals surface area contributed by atoms with Crippen LogP contribution in [0.5, 0.6) is 0 Å². The highest BCUT2D eigenvalue weighted by molar-refractivity contribution is 9.10. The lowest BCUT2D eigenvalue weighted by atomic mass is 9.60. The van der Waals surface area contributed by atoms with Crippen LogP contribution in [0, 0.1) is 22.7 Å². The minimum absolute atomic E-state index is 0.0308. The zero-order chi connectivity index (χ0) is 25.2. The molecule has 6 rings (SSSR count). The van der Waals surface area contributed by atoms with E-state index >= 15 is 0 Å². The number of carbonyl (C=O) groups excluding carboxylic acids is 3. The molecule has 0 spiro atoms. The molecule has 2 amide bonds. The molecule has 1 saturated carbocycles. The summed E-state index contributed by atoms with van der Waals surface area (Å²) in [5.74, 6) is -1.94. The summed E-state index contributed by atoms with van der Waals surface area (Å²) in [7, 11) is 0. The molecule has 3 aromatic carbocycles. The standard InChI is InChI=1S/C31H26BrNO3/c1-3-30-23(19-12-7-5-8-13-19)24(20-14-9-6-10-15-20)31(4-2,29(30)36)26-25(30)27(34)33(28(26)35)22-17-11-16-21(32)18-22/h5-18,25-26H,3-4H2,1-2H3/t25-,26+,30-,31-/m1/s1. The van der Waals surface area contributed by atoms with E-state index in [-0.39, 0.29) is 17.6 Å². The highest BCUT2D eigenvalue weighted by atomic mass is 79.9. The molecule has 0 radical (unpaired) electrons. The van der Waals surface area contributed by atoms with Gasteiger partial charge in [0.05, 0.1) is 28.4 Å². The molecular formula is C31H26BrNO3. The number of halogens is 1. The average Bonchev–Trinajstić information content (AvgIpc) is 3.40. The summed E-state index contributed by atoms with van der Waals surface area (Å²) >= 11 is 3.47. The predicted molar refractivity (Wildman–Crippen MR) is 144 cm³/mol. The van der Waals surface area contributed by atoms with Crippen LogP contribution < -0.4 is 4.90 Å². The zero-order valence-electron chi connectivity index (χ0n) is 20.2. The zero-order valence-corrected chi connectivity index (χ0v) is 21.8. The van der Waals surface area contributed by atoms with Crippen LogP contribution in [-0.2, 0) is 14.4 Å². The Kier molecular flexibility index (Phi) is 5.20. The molecule has 3 aromatic rings.